The zero-order valence-electron chi connectivity index (χ0n) is 12.7. The van der Waals surface area contributed by atoms with Crippen molar-refractivity contribution in [3.05, 3.63) is 96.6 Å². The first kappa shape index (κ1) is 13.5. The van der Waals surface area contributed by atoms with E-state index in [-0.39, 0.29) is 0 Å². The number of hydrogen-bond donors (Lipinski definition) is 0. The first-order valence-corrected chi connectivity index (χ1v) is 10.4. The van der Waals surface area contributed by atoms with Crippen LogP contribution in [-0.2, 0) is 0 Å². The highest BCUT2D eigenvalue weighted by Gasteiger charge is 2.51. The van der Waals surface area contributed by atoms with E-state index in [0.717, 1.165) is 0 Å². The van der Waals surface area contributed by atoms with Crippen LogP contribution in [0, 0.1) is 0 Å². The van der Waals surface area contributed by atoms with E-state index in [1.54, 1.807) is 10.4 Å². The predicted octanol–water partition coefficient (Wildman–Crippen LogP) is 3.98. The van der Waals surface area contributed by atoms with Gasteiger partial charge in [-0.15, -0.1) is 0 Å². The zero-order chi connectivity index (χ0) is 14.8. The van der Waals surface area contributed by atoms with Gasteiger partial charge in [0.15, 0.2) is 0 Å². The van der Waals surface area contributed by atoms with Crippen molar-refractivity contribution >= 4 is 18.4 Å². The maximum atomic E-state index is 2.36. The summed E-state index contributed by atoms with van der Waals surface area (Å²) in [5.74, 6) is 0. The molecule has 0 amide bonds. The Balaban J connectivity index is 1.88. The fraction of sp³-hybridized carbons (Fsp3) is 0.143. The minimum atomic E-state index is -1.67. The van der Waals surface area contributed by atoms with Crippen molar-refractivity contribution in [1.29, 1.82) is 0 Å². The first-order chi connectivity index (χ1) is 10.9. The molecule has 0 aliphatic carbocycles. The molecule has 1 aliphatic rings. The topological polar surface area (TPSA) is 0 Å². The monoisotopic (exact) mass is 300 g/mol. The van der Waals surface area contributed by atoms with Gasteiger partial charge in [0.1, 0.15) is 8.07 Å². The average Bonchev–Trinajstić information content (AvgIpc) is 2.57. The van der Waals surface area contributed by atoms with Crippen LogP contribution in [0.2, 0.25) is 6.04 Å². The van der Waals surface area contributed by atoms with E-state index < -0.39 is 8.07 Å². The zero-order valence-corrected chi connectivity index (χ0v) is 13.7. The molecule has 1 heterocycles. The van der Waals surface area contributed by atoms with E-state index in [4.69, 9.17) is 0 Å². The molecule has 0 nitrogen and oxygen atoms in total. The predicted molar refractivity (Wildman–Crippen MR) is 96.5 cm³/mol. The second-order valence-electron chi connectivity index (χ2n) is 6.21. The van der Waals surface area contributed by atoms with Crippen LogP contribution in [0.3, 0.4) is 0 Å². The number of benzene rings is 3. The second-order valence-corrected chi connectivity index (χ2v) is 10.5. The van der Waals surface area contributed by atoms with E-state index in [2.05, 4.69) is 91.0 Å². The Kier molecular flexibility index (Phi) is 3.43. The molecule has 1 fully saturated rings. The number of hydrogen-bond acceptors (Lipinski definition) is 0. The first-order valence-electron chi connectivity index (χ1n) is 8.07. The average molecular weight is 300 g/mol. The van der Waals surface area contributed by atoms with E-state index >= 15 is 0 Å². The van der Waals surface area contributed by atoms with Gasteiger partial charge >= 0.3 is 0 Å². The standard InChI is InChI=1S/C21H20Si/c1-4-10-18(11-5-1)21-16-17-22(21,19-12-6-2-7-13-19)20-14-8-3-9-15-20/h1-15,21H,16-17H2. The van der Waals surface area contributed by atoms with E-state index in [0.29, 0.717) is 5.54 Å². The van der Waals surface area contributed by atoms with Crippen molar-refractivity contribution in [1.82, 2.24) is 0 Å². The summed E-state index contributed by atoms with van der Waals surface area (Å²) in [6, 6.07) is 35.0. The molecule has 22 heavy (non-hydrogen) atoms. The van der Waals surface area contributed by atoms with Crippen molar-refractivity contribution in [2.75, 3.05) is 0 Å². The smallest absolute Gasteiger partial charge is 0.0626 e. The summed E-state index contributed by atoms with van der Waals surface area (Å²) >= 11 is 0. The molecule has 1 atom stereocenters. The van der Waals surface area contributed by atoms with Crippen LogP contribution in [0.5, 0.6) is 0 Å². The van der Waals surface area contributed by atoms with E-state index in [9.17, 15) is 0 Å². The van der Waals surface area contributed by atoms with Crippen LogP contribution in [0.25, 0.3) is 0 Å². The lowest BCUT2D eigenvalue weighted by molar-refractivity contribution is 0.750. The van der Waals surface area contributed by atoms with Gasteiger partial charge in [-0.05, 0) is 23.6 Å². The Bertz CT molecular complexity index is 695. The van der Waals surface area contributed by atoms with Crippen LogP contribution in [0.4, 0.5) is 0 Å². The van der Waals surface area contributed by atoms with Gasteiger partial charge in [-0.2, -0.15) is 0 Å². The molecule has 0 bridgehead atoms. The van der Waals surface area contributed by atoms with Crippen molar-refractivity contribution in [3.8, 4) is 0 Å². The van der Waals surface area contributed by atoms with E-state index in [1.165, 1.54) is 18.0 Å². The SMILES string of the molecule is c1ccc(C2CC[Si]2(c2ccccc2)c2ccccc2)cc1. The molecular formula is C21H20Si. The molecule has 108 valence electrons. The fourth-order valence-corrected chi connectivity index (χ4v) is 9.25. The van der Waals surface area contributed by atoms with Gasteiger partial charge in [-0.1, -0.05) is 101 Å². The molecule has 0 aromatic heterocycles. The molecule has 4 rings (SSSR count). The van der Waals surface area contributed by atoms with Crippen LogP contribution in [-0.4, -0.2) is 8.07 Å². The van der Waals surface area contributed by atoms with Gasteiger partial charge < -0.3 is 0 Å². The lowest BCUT2D eigenvalue weighted by atomic mass is 10.1. The van der Waals surface area contributed by atoms with Crippen LogP contribution >= 0.6 is 0 Å². The highest BCUT2D eigenvalue weighted by molar-refractivity contribution is 7.05. The molecule has 0 radical (unpaired) electrons. The highest BCUT2D eigenvalue weighted by atomic mass is 28.3. The molecule has 1 heteroatoms. The third-order valence-corrected chi connectivity index (χ3v) is 10.8. The summed E-state index contributed by atoms with van der Waals surface area (Å²) in [6.45, 7) is 0. The minimum absolute atomic E-state index is 0.707. The lowest BCUT2D eigenvalue weighted by Gasteiger charge is -2.49. The third-order valence-electron chi connectivity index (χ3n) is 5.20. The second kappa shape index (κ2) is 5.58. The van der Waals surface area contributed by atoms with Crippen LogP contribution in [0.15, 0.2) is 91.0 Å². The van der Waals surface area contributed by atoms with Crippen LogP contribution in [0.1, 0.15) is 17.5 Å². The van der Waals surface area contributed by atoms with Gasteiger partial charge in [0.25, 0.3) is 0 Å². The highest BCUT2D eigenvalue weighted by Crippen LogP contribution is 2.44. The van der Waals surface area contributed by atoms with Gasteiger partial charge in [-0.3, -0.25) is 0 Å². The molecule has 0 spiro atoms. The maximum Gasteiger partial charge on any atom is 0.125 e. The summed E-state index contributed by atoms with van der Waals surface area (Å²) in [4.78, 5) is 0. The molecular weight excluding hydrogens is 280 g/mol. The van der Waals surface area contributed by atoms with Crippen LogP contribution < -0.4 is 10.4 Å². The van der Waals surface area contributed by atoms with Gasteiger partial charge in [0.2, 0.25) is 0 Å². The Labute approximate surface area is 133 Å². The summed E-state index contributed by atoms with van der Waals surface area (Å²) in [6.07, 6.45) is 1.32. The molecule has 3 aromatic rings. The summed E-state index contributed by atoms with van der Waals surface area (Å²) in [5, 5.41) is 3.17. The summed E-state index contributed by atoms with van der Waals surface area (Å²) < 4.78 is 0. The normalized spacial score (nSPS) is 19.4. The Morgan fingerprint density at radius 3 is 1.45 bits per heavy atom. The molecule has 0 saturated carbocycles. The molecule has 1 saturated heterocycles. The van der Waals surface area contributed by atoms with Gasteiger partial charge in [0.05, 0.1) is 0 Å². The maximum absolute atomic E-state index is 2.36. The Morgan fingerprint density at radius 1 is 0.591 bits per heavy atom. The summed E-state index contributed by atoms with van der Waals surface area (Å²) in [7, 11) is -1.67. The fourth-order valence-electron chi connectivity index (χ4n) is 4.04. The molecule has 3 aromatic carbocycles. The Morgan fingerprint density at radius 2 is 1.05 bits per heavy atom. The third kappa shape index (κ3) is 2.05. The van der Waals surface area contributed by atoms with Gasteiger partial charge in [-0.25, -0.2) is 0 Å². The van der Waals surface area contributed by atoms with Crippen molar-refractivity contribution < 1.29 is 0 Å². The summed E-state index contributed by atoms with van der Waals surface area (Å²) in [5.41, 5.74) is 2.23. The molecule has 1 aliphatic heterocycles. The van der Waals surface area contributed by atoms with Crippen molar-refractivity contribution in [3.63, 3.8) is 0 Å². The van der Waals surface area contributed by atoms with Crippen molar-refractivity contribution in [2.24, 2.45) is 0 Å². The largest absolute Gasteiger partial charge is 0.125 e. The quantitative estimate of drug-likeness (QED) is 0.642. The van der Waals surface area contributed by atoms with E-state index in [1.807, 2.05) is 0 Å². The van der Waals surface area contributed by atoms with Crippen molar-refractivity contribution in [2.45, 2.75) is 18.0 Å². The number of rotatable bonds is 3. The van der Waals surface area contributed by atoms with Gasteiger partial charge in [0, 0.05) is 0 Å². The Hall–Kier alpha value is -2.12. The molecule has 0 N–H and O–H groups in total. The lowest BCUT2D eigenvalue weighted by Crippen LogP contribution is -2.68. The minimum Gasteiger partial charge on any atom is -0.0626 e. The molecule has 1 unspecified atom stereocenters.